The van der Waals surface area contributed by atoms with Crippen LogP contribution in [0, 0.1) is 6.92 Å². The summed E-state index contributed by atoms with van der Waals surface area (Å²) < 4.78 is 0. The SMILES string of the molecule is CCCCCCCCSc1cccc2c1ccc1c3cccc(C)c3ccc21. The molecule has 4 aromatic carbocycles. The van der Waals surface area contributed by atoms with Crippen molar-refractivity contribution in [1.82, 2.24) is 0 Å². The molecule has 0 aliphatic heterocycles. The van der Waals surface area contributed by atoms with Gasteiger partial charge in [-0.2, -0.15) is 0 Å². The molecule has 0 nitrogen and oxygen atoms in total. The Kier molecular flexibility index (Phi) is 6.22. The summed E-state index contributed by atoms with van der Waals surface area (Å²) in [5.41, 5.74) is 1.35. The Morgan fingerprint density at radius 2 is 1.14 bits per heavy atom. The highest BCUT2D eigenvalue weighted by atomic mass is 32.2. The van der Waals surface area contributed by atoms with E-state index in [0.717, 1.165) is 0 Å². The average Bonchev–Trinajstić information content (AvgIpc) is 2.73. The zero-order valence-corrected chi connectivity index (χ0v) is 17.9. The molecular formula is C27H30S. The van der Waals surface area contributed by atoms with Gasteiger partial charge in [-0.15, -0.1) is 11.8 Å². The molecule has 0 saturated heterocycles. The Balaban J connectivity index is 1.61. The second-order valence-corrected chi connectivity index (χ2v) is 9.00. The van der Waals surface area contributed by atoms with E-state index in [0.29, 0.717) is 0 Å². The average molecular weight is 387 g/mol. The zero-order chi connectivity index (χ0) is 19.3. The number of unbranched alkanes of at least 4 members (excludes halogenated alkanes) is 5. The number of benzene rings is 4. The molecule has 1 heteroatoms. The lowest BCUT2D eigenvalue weighted by Gasteiger charge is -2.12. The van der Waals surface area contributed by atoms with Gasteiger partial charge in [-0.1, -0.05) is 93.6 Å². The topological polar surface area (TPSA) is 0 Å². The quantitative estimate of drug-likeness (QED) is 0.165. The van der Waals surface area contributed by atoms with Gasteiger partial charge in [0.25, 0.3) is 0 Å². The molecule has 0 aliphatic rings. The molecule has 4 rings (SSSR count). The van der Waals surface area contributed by atoms with Crippen LogP contribution in [-0.4, -0.2) is 5.75 Å². The largest absolute Gasteiger partial charge is 0.126 e. The van der Waals surface area contributed by atoms with E-state index in [1.54, 1.807) is 0 Å². The van der Waals surface area contributed by atoms with Gasteiger partial charge in [0.15, 0.2) is 0 Å². The van der Waals surface area contributed by atoms with Crippen molar-refractivity contribution in [2.75, 3.05) is 5.75 Å². The maximum atomic E-state index is 2.34. The van der Waals surface area contributed by atoms with Gasteiger partial charge in [0.05, 0.1) is 0 Å². The monoisotopic (exact) mass is 386 g/mol. The predicted octanol–water partition coefficient (Wildman–Crippen LogP) is 8.91. The first-order valence-electron chi connectivity index (χ1n) is 10.8. The fourth-order valence-corrected chi connectivity index (χ4v) is 5.34. The third kappa shape index (κ3) is 3.91. The molecule has 0 aliphatic carbocycles. The fraction of sp³-hybridized carbons (Fsp3) is 0.333. The lowest BCUT2D eigenvalue weighted by molar-refractivity contribution is 0.627. The molecule has 144 valence electrons. The Morgan fingerprint density at radius 1 is 0.571 bits per heavy atom. The standard InChI is InChI=1S/C27H30S/c1-3-4-5-6-7-8-19-28-27-14-10-13-23-25-16-15-21-20(2)11-9-12-22(21)24(25)17-18-26(23)27/h9-18H,3-8,19H2,1-2H3. The second-order valence-electron chi connectivity index (χ2n) is 7.86. The Morgan fingerprint density at radius 3 is 1.93 bits per heavy atom. The molecule has 0 N–H and O–H groups in total. The van der Waals surface area contributed by atoms with Crippen molar-refractivity contribution in [3.63, 3.8) is 0 Å². The number of thioether (sulfide) groups is 1. The maximum absolute atomic E-state index is 2.34. The van der Waals surface area contributed by atoms with E-state index < -0.39 is 0 Å². The van der Waals surface area contributed by atoms with Crippen molar-refractivity contribution in [3.8, 4) is 0 Å². The molecule has 0 heterocycles. The zero-order valence-electron chi connectivity index (χ0n) is 17.1. The molecule has 28 heavy (non-hydrogen) atoms. The Hall–Kier alpha value is -1.99. The van der Waals surface area contributed by atoms with Crippen LogP contribution in [-0.2, 0) is 0 Å². The van der Waals surface area contributed by atoms with E-state index in [-0.39, 0.29) is 0 Å². The molecule has 0 aromatic heterocycles. The lowest BCUT2D eigenvalue weighted by Crippen LogP contribution is -1.86. The van der Waals surface area contributed by atoms with Gasteiger partial charge >= 0.3 is 0 Å². The molecule has 0 saturated carbocycles. The van der Waals surface area contributed by atoms with Gasteiger partial charge in [0, 0.05) is 4.90 Å². The molecule has 0 radical (unpaired) electrons. The Bertz CT molecular complexity index is 1090. The third-order valence-corrected chi connectivity index (χ3v) is 7.01. The van der Waals surface area contributed by atoms with Crippen molar-refractivity contribution >= 4 is 44.1 Å². The minimum absolute atomic E-state index is 1.22. The molecule has 0 unspecified atom stereocenters. The second kappa shape index (κ2) is 9.01. The molecule has 4 aromatic rings. The summed E-state index contributed by atoms with van der Waals surface area (Å²) in [6.45, 7) is 4.48. The van der Waals surface area contributed by atoms with Crippen molar-refractivity contribution in [2.24, 2.45) is 0 Å². The fourth-order valence-electron chi connectivity index (χ4n) is 4.26. The smallest absolute Gasteiger partial charge is 0.0151 e. The van der Waals surface area contributed by atoms with E-state index in [4.69, 9.17) is 0 Å². The highest BCUT2D eigenvalue weighted by Gasteiger charge is 2.08. The summed E-state index contributed by atoms with van der Waals surface area (Å²) in [5, 5.41) is 8.25. The third-order valence-electron chi connectivity index (χ3n) is 5.85. The summed E-state index contributed by atoms with van der Waals surface area (Å²) >= 11 is 2.03. The lowest BCUT2D eigenvalue weighted by atomic mass is 9.95. The maximum Gasteiger partial charge on any atom is 0.0151 e. The first kappa shape index (κ1) is 19.3. The number of aryl methyl sites for hydroxylation is 1. The number of rotatable bonds is 8. The van der Waals surface area contributed by atoms with E-state index in [9.17, 15) is 0 Å². The predicted molar refractivity (Wildman–Crippen MR) is 128 cm³/mol. The first-order chi connectivity index (χ1) is 13.8. The minimum Gasteiger partial charge on any atom is -0.126 e. The number of hydrogen-bond acceptors (Lipinski definition) is 1. The van der Waals surface area contributed by atoms with Gasteiger partial charge in [0.1, 0.15) is 0 Å². The van der Waals surface area contributed by atoms with Gasteiger partial charge in [0.2, 0.25) is 0 Å². The molecular weight excluding hydrogens is 356 g/mol. The molecule has 0 atom stereocenters. The van der Waals surface area contributed by atoms with Crippen molar-refractivity contribution in [2.45, 2.75) is 57.3 Å². The summed E-state index contributed by atoms with van der Waals surface area (Å²) in [5.74, 6) is 1.22. The Labute approximate surface area is 173 Å². The summed E-state index contributed by atoms with van der Waals surface area (Å²) in [4.78, 5) is 1.43. The van der Waals surface area contributed by atoms with Gasteiger partial charge < -0.3 is 0 Å². The van der Waals surface area contributed by atoms with Gasteiger partial charge in [-0.25, -0.2) is 0 Å². The molecule has 0 amide bonds. The van der Waals surface area contributed by atoms with E-state index in [1.807, 2.05) is 11.8 Å². The first-order valence-corrected chi connectivity index (χ1v) is 11.7. The van der Waals surface area contributed by atoms with Crippen LogP contribution in [0.15, 0.2) is 65.6 Å². The summed E-state index contributed by atoms with van der Waals surface area (Å²) in [6.07, 6.45) is 8.19. The van der Waals surface area contributed by atoms with Crippen LogP contribution >= 0.6 is 11.8 Å². The normalized spacial score (nSPS) is 11.6. The van der Waals surface area contributed by atoms with Crippen LogP contribution in [0.1, 0.15) is 51.0 Å². The van der Waals surface area contributed by atoms with Crippen LogP contribution in [0.25, 0.3) is 32.3 Å². The van der Waals surface area contributed by atoms with Crippen LogP contribution < -0.4 is 0 Å². The van der Waals surface area contributed by atoms with Crippen LogP contribution in [0.2, 0.25) is 0 Å². The number of fused-ring (bicyclic) bond motifs is 5. The van der Waals surface area contributed by atoms with Crippen LogP contribution in [0.4, 0.5) is 0 Å². The summed E-state index contributed by atoms with van der Waals surface area (Å²) in [6, 6.07) is 22.7. The van der Waals surface area contributed by atoms with Crippen molar-refractivity contribution in [3.05, 3.63) is 66.2 Å². The van der Waals surface area contributed by atoms with E-state index in [2.05, 4.69) is 74.5 Å². The van der Waals surface area contributed by atoms with E-state index >= 15 is 0 Å². The van der Waals surface area contributed by atoms with Crippen molar-refractivity contribution < 1.29 is 0 Å². The molecule has 0 spiro atoms. The highest BCUT2D eigenvalue weighted by molar-refractivity contribution is 7.99. The van der Waals surface area contributed by atoms with Crippen LogP contribution in [0.3, 0.4) is 0 Å². The van der Waals surface area contributed by atoms with Gasteiger partial charge in [-0.05, 0) is 63.0 Å². The summed E-state index contributed by atoms with van der Waals surface area (Å²) in [7, 11) is 0. The van der Waals surface area contributed by atoms with Gasteiger partial charge in [-0.3, -0.25) is 0 Å². The highest BCUT2D eigenvalue weighted by Crippen LogP contribution is 2.36. The van der Waals surface area contributed by atoms with Crippen LogP contribution in [0.5, 0.6) is 0 Å². The number of hydrogen-bond donors (Lipinski definition) is 0. The van der Waals surface area contributed by atoms with Crippen molar-refractivity contribution in [1.29, 1.82) is 0 Å². The molecule has 0 fully saturated rings. The van der Waals surface area contributed by atoms with E-state index in [1.165, 1.54) is 87.1 Å². The molecule has 0 bridgehead atoms. The minimum atomic E-state index is 1.22.